The molecule has 0 radical (unpaired) electrons. The molecule has 0 saturated heterocycles. The second-order valence-corrected chi connectivity index (χ2v) is 10.1. The first kappa shape index (κ1) is 16.3. The summed E-state index contributed by atoms with van der Waals surface area (Å²) in [6.07, 6.45) is 5.35. The average molecular weight is 366 g/mol. The Kier molecular flexibility index (Phi) is 4.05. The normalized spacial score (nSPS) is 29.9. The highest BCUT2D eigenvalue weighted by Crippen LogP contribution is 2.56. The highest BCUT2D eigenvalue weighted by molar-refractivity contribution is 7.89. The number of rotatable bonds is 5. The first-order valence-corrected chi connectivity index (χ1v) is 11.1. The summed E-state index contributed by atoms with van der Waals surface area (Å²) < 4.78 is 27.5. The van der Waals surface area contributed by atoms with Crippen molar-refractivity contribution in [2.24, 2.45) is 5.41 Å². The summed E-state index contributed by atoms with van der Waals surface area (Å²) in [6.45, 7) is 1.69. The second-order valence-electron chi connectivity index (χ2n) is 7.05. The first-order valence-electron chi connectivity index (χ1n) is 8.62. The largest absolute Gasteiger partial charge is 0.359 e. The van der Waals surface area contributed by atoms with E-state index in [1.165, 1.54) is 4.70 Å². The van der Waals surface area contributed by atoms with Gasteiger partial charge in [0.25, 0.3) is 0 Å². The number of hydrogen-bond acceptors (Lipinski definition) is 5. The molecule has 5 nitrogen and oxygen atoms in total. The Hall–Kier alpha value is -1.18. The number of thiazole rings is 1. The molecule has 1 unspecified atom stereocenters. The molecule has 0 bridgehead atoms. The van der Waals surface area contributed by atoms with Crippen LogP contribution in [-0.4, -0.2) is 31.2 Å². The van der Waals surface area contributed by atoms with Crippen molar-refractivity contribution in [3.05, 3.63) is 24.3 Å². The van der Waals surface area contributed by atoms with Crippen molar-refractivity contribution in [2.75, 3.05) is 11.1 Å². The molecule has 1 aromatic carbocycles. The molecule has 7 heteroatoms. The molecule has 2 aliphatic carbocycles. The van der Waals surface area contributed by atoms with Crippen LogP contribution in [0.5, 0.6) is 0 Å². The molecule has 4 rings (SSSR count). The minimum atomic E-state index is -3.08. The molecule has 0 amide bonds. The standard InChI is InChI=1S/C17H23N3O2S2/c1-2-24(21,22)20-15-11-17(15)9-7-12(8-10-17)18-16-19-13-5-3-4-6-14(13)23-16/h3-6,12,15,20H,2,7-11H2,1H3,(H,18,19). The molecule has 2 N–H and O–H groups in total. The van der Waals surface area contributed by atoms with E-state index >= 15 is 0 Å². The molecule has 130 valence electrons. The fraction of sp³-hybridized carbons (Fsp3) is 0.588. The highest BCUT2D eigenvalue weighted by atomic mass is 32.2. The van der Waals surface area contributed by atoms with Gasteiger partial charge in [-0.05, 0) is 56.6 Å². The molecule has 1 spiro atoms. The molecular weight excluding hydrogens is 342 g/mol. The van der Waals surface area contributed by atoms with Gasteiger partial charge < -0.3 is 5.32 Å². The van der Waals surface area contributed by atoms with E-state index in [-0.39, 0.29) is 17.2 Å². The quantitative estimate of drug-likeness (QED) is 0.852. The number of fused-ring (bicyclic) bond motifs is 1. The second kappa shape index (κ2) is 5.97. The fourth-order valence-corrected chi connectivity index (χ4v) is 5.69. The van der Waals surface area contributed by atoms with Crippen molar-refractivity contribution in [3.8, 4) is 0 Å². The van der Waals surface area contributed by atoms with Gasteiger partial charge in [-0.3, -0.25) is 0 Å². The van der Waals surface area contributed by atoms with Gasteiger partial charge in [-0.2, -0.15) is 0 Å². The number of para-hydroxylation sites is 1. The summed E-state index contributed by atoms with van der Waals surface area (Å²) in [7, 11) is -3.08. The average Bonchev–Trinajstić information content (AvgIpc) is 3.04. The van der Waals surface area contributed by atoms with Gasteiger partial charge in [0.05, 0.1) is 16.0 Å². The fourth-order valence-electron chi connectivity index (χ4n) is 3.81. The van der Waals surface area contributed by atoms with Gasteiger partial charge in [-0.1, -0.05) is 23.5 Å². The van der Waals surface area contributed by atoms with Gasteiger partial charge >= 0.3 is 0 Å². The van der Waals surface area contributed by atoms with E-state index in [4.69, 9.17) is 0 Å². The van der Waals surface area contributed by atoms with Crippen LogP contribution in [0.3, 0.4) is 0 Å². The number of nitrogens with one attached hydrogen (secondary N) is 2. The van der Waals surface area contributed by atoms with E-state index in [2.05, 4.69) is 21.1 Å². The predicted molar refractivity (Wildman–Crippen MR) is 98.9 cm³/mol. The van der Waals surface area contributed by atoms with Gasteiger partial charge in [0, 0.05) is 12.1 Å². The Morgan fingerprint density at radius 1 is 1.29 bits per heavy atom. The molecule has 1 heterocycles. The van der Waals surface area contributed by atoms with E-state index in [9.17, 15) is 8.42 Å². The topological polar surface area (TPSA) is 71.1 Å². The van der Waals surface area contributed by atoms with Gasteiger partial charge in [-0.25, -0.2) is 18.1 Å². The number of nitrogens with zero attached hydrogens (tertiary/aromatic N) is 1. The Morgan fingerprint density at radius 2 is 2.04 bits per heavy atom. The van der Waals surface area contributed by atoms with E-state index in [1.807, 2.05) is 18.2 Å². The Balaban J connectivity index is 1.34. The maximum atomic E-state index is 11.7. The van der Waals surface area contributed by atoms with Crippen molar-refractivity contribution in [3.63, 3.8) is 0 Å². The summed E-state index contributed by atoms with van der Waals surface area (Å²) in [4.78, 5) is 4.65. The Morgan fingerprint density at radius 3 is 2.75 bits per heavy atom. The molecule has 0 aliphatic heterocycles. The smallest absolute Gasteiger partial charge is 0.211 e. The number of sulfonamides is 1. The first-order chi connectivity index (χ1) is 11.5. The van der Waals surface area contributed by atoms with Crippen LogP contribution < -0.4 is 10.0 Å². The van der Waals surface area contributed by atoms with Crippen LogP contribution in [0, 0.1) is 5.41 Å². The molecular formula is C17H23N3O2S2. The van der Waals surface area contributed by atoms with Crippen LogP contribution in [0.4, 0.5) is 5.13 Å². The van der Waals surface area contributed by atoms with Crippen molar-refractivity contribution in [2.45, 2.75) is 51.1 Å². The van der Waals surface area contributed by atoms with E-state index in [0.29, 0.717) is 6.04 Å². The lowest BCUT2D eigenvalue weighted by Gasteiger charge is -2.30. The molecule has 24 heavy (non-hydrogen) atoms. The molecule has 2 aromatic rings. The van der Waals surface area contributed by atoms with Crippen molar-refractivity contribution in [1.29, 1.82) is 0 Å². The summed E-state index contributed by atoms with van der Waals surface area (Å²) in [5, 5.41) is 4.58. The number of anilines is 1. The maximum Gasteiger partial charge on any atom is 0.211 e. The number of aromatic nitrogens is 1. The highest BCUT2D eigenvalue weighted by Gasteiger charge is 2.56. The molecule has 2 aliphatic rings. The monoisotopic (exact) mass is 365 g/mol. The third-order valence-corrected chi connectivity index (χ3v) is 7.87. The summed E-state index contributed by atoms with van der Waals surface area (Å²) in [5.74, 6) is 0.168. The third kappa shape index (κ3) is 3.17. The van der Waals surface area contributed by atoms with Crippen molar-refractivity contribution in [1.82, 2.24) is 9.71 Å². The predicted octanol–water partition coefficient (Wildman–Crippen LogP) is 3.35. The van der Waals surface area contributed by atoms with Crippen molar-refractivity contribution >= 4 is 36.7 Å². The van der Waals surface area contributed by atoms with Gasteiger partial charge in [0.1, 0.15) is 0 Å². The van der Waals surface area contributed by atoms with Crippen molar-refractivity contribution < 1.29 is 8.42 Å². The lowest BCUT2D eigenvalue weighted by Crippen LogP contribution is -2.34. The van der Waals surface area contributed by atoms with E-state index < -0.39 is 10.0 Å². The molecule has 2 saturated carbocycles. The third-order valence-electron chi connectivity index (χ3n) is 5.49. The lowest BCUT2D eigenvalue weighted by molar-refractivity contribution is 0.304. The van der Waals surface area contributed by atoms with E-state index in [1.54, 1.807) is 18.3 Å². The maximum absolute atomic E-state index is 11.7. The van der Waals surface area contributed by atoms with E-state index in [0.717, 1.165) is 42.8 Å². The zero-order valence-electron chi connectivity index (χ0n) is 13.8. The molecule has 2 fully saturated rings. The summed E-state index contributed by atoms with van der Waals surface area (Å²) in [5.41, 5.74) is 1.27. The zero-order valence-corrected chi connectivity index (χ0v) is 15.4. The zero-order chi connectivity index (χ0) is 16.8. The van der Waals surface area contributed by atoms with Crippen LogP contribution in [0.1, 0.15) is 39.0 Å². The minimum absolute atomic E-state index is 0.158. The number of hydrogen-bond donors (Lipinski definition) is 2. The van der Waals surface area contributed by atoms with Crippen LogP contribution in [0.15, 0.2) is 24.3 Å². The van der Waals surface area contributed by atoms with Crippen LogP contribution in [-0.2, 0) is 10.0 Å². The van der Waals surface area contributed by atoms with Crippen LogP contribution >= 0.6 is 11.3 Å². The number of benzene rings is 1. The lowest BCUT2D eigenvalue weighted by atomic mass is 9.83. The minimum Gasteiger partial charge on any atom is -0.359 e. The molecule has 1 atom stereocenters. The SMILES string of the molecule is CCS(=O)(=O)NC1CC12CCC(Nc1nc3ccccc3s1)CC2. The van der Waals surface area contributed by atoms with Crippen LogP contribution in [0.25, 0.3) is 10.2 Å². The van der Waals surface area contributed by atoms with Crippen LogP contribution in [0.2, 0.25) is 0 Å². The van der Waals surface area contributed by atoms with Gasteiger partial charge in [-0.15, -0.1) is 0 Å². The summed E-state index contributed by atoms with van der Waals surface area (Å²) >= 11 is 1.70. The molecule has 1 aromatic heterocycles. The van der Waals surface area contributed by atoms with Gasteiger partial charge in [0.2, 0.25) is 10.0 Å². The summed E-state index contributed by atoms with van der Waals surface area (Å²) in [6, 6.07) is 8.80. The van der Waals surface area contributed by atoms with Gasteiger partial charge in [0.15, 0.2) is 5.13 Å². The Bertz CT molecular complexity index is 805. The Labute approximate surface area is 146 Å².